The molecule has 29 heavy (non-hydrogen) atoms. The van der Waals surface area contributed by atoms with E-state index in [-0.39, 0.29) is 17.8 Å². The molecule has 1 aliphatic heterocycles. The molecule has 3 aromatic rings. The molecule has 0 unspecified atom stereocenters. The minimum absolute atomic E-state index is 0.111. The lowest BCUT2D eigenvalue weighted by molar-refractivity contribution is 0.0696. The Balaban J connectivity index is 1.32. The molecule has 3 N–H and O–H groups in total. The second-order valence-corrected chi connectivity index (χ2v) is 7.23. The predicted molar refractivity (Wildman–Crippen MR) is 106 cm³/mol. The van der Waals surface area contributed by atoms with E-state index < -0.39 is 18.0 Å². The number of fused-ring (bicyclic) bond motifs is 2. The van der Waals surface area contributed by atoms with Crippen molar-refractivity contribution in [3.8, 4) is 0 Å². The summed E-state index contributed by atoms with van der Waals surface area (Å²) in [6.45, 7) is 2.26. The first-order valence-corrected chi connectivity index (χ1v) is 9.47. The van der Waals surface area contributed by atoms with Gasteiger partial charge in [0.15, 0.2) is 0 Å². The standard InChI is InChI=1S/C21H22N4O4/c26-17(12-24-8-7-14-3-1-2-4-15(14)10-24)9-22-20(27)18-13-25-11-16(21(28)29)5-6-19(25)23-18/h1-6,11,13,17,26H,7-10,12H2,(H,22,27)(H,28,29)/t17-/m0/s1. The molecule has 1 aromatic carbocycles. The zero-order valence-corrected chi connectivity index (χ0v) is 15.8. The number of carbonyl (C=O) groups is 2. The van der Waals surface area contributed by atoms with Crippen LogP contribution in [0.3, 0.4) is 0 Å². The number of amides is 1. The van der Waals surface area contributed by atoms with Gasteiger partial charge in [0.25, 0.3) is 5.91 Å². The van der Waals surface area contributed by atoms with Crippen LogP contribution < -0.4 is 5.32 Å². The minimum atomic E-state index is -1.05. The monoisotopic (exact) mass is 394 g/mol. The van der Waals surface area contributed by atoms with E-state index in [4.69, 9.17) is 5.11 Å². The van der Waals surface area contributed by atoms with Crippen LogP contribution in [-0.2, 0) is 13.0 Å². The number of pyridine rings is 1. The summed E-state index contributed by atoms with van der Waals surface area (Å²) in [6, 6.07) is 11.3. The lowest BCUT2D eigenvalue weighted by Crippen LogP contribution is -2.42. The van der Waals surface area contributed by atoms with Crippen LogP contribution >= 0.6 is 0 Å². The van der Waals surface area contributed by atoms with Gasteiger partial charge in [0, 0.05) is 38.6 Å². The molecule has 0 spiro atoms. The molecule has 0 aliphatic carbocycles. The van der Waals surface area contributed by atoms with Gasteiger partial charge in [0.05, 0.1) is 11.7 Å². The highest BCUT2D eigenvalue weighted by atomic mass is 16.4. The van der Waals surface area contributed by atoms with Crippen LogP contribution in [0.1, 0.15) is 32.0 Å². The first-order chi connectivity index (χ1) is 14.0. The quantitative estimate of drug-likeness (QED) is 0.580. The summed E-state index contributed by atoms with van der Waals surface area (Å²) >= 11 is 0. The SMILES string of the molecule is O=C(O)c1ccc2nc(C(=O)NC[C@H](O)CN3CCc4ccccc4C3)cn2c1. The highest BCUT2D eigenvalue weighted by Gasteiger charge is 2.19. The average molecular weight is 394 g/mol. The third kappa shape index (κ3) is 4.28. The van der Waals surface area contributed by atoms with Gasteiger partial charge in [-0.3, -0.25) is 9.69 Å². The number of carboxylic acid groups (broad SMARTS) is 1. The van der Waals surface area contributed by atoms with Gasteiger partial charge in [-0.15, -0.1) is 0 Å². The van der Waals surface area contributed by atoms with Crippen molar-refractivity contribution in [2.45, 2.75) is 19.1 Å². The molecular weight excluding hydrogens is 372 g/mol. The fraction of sp³-hybridized carbons (Fsp3) is 0.286. The van der Waals surface area contributed by atoms with E-state index in [9.17, 15) is 14.7 Å². The van der Waals surface area contributed by atoms with Crippen LogP contribution in [0.25, 0.3) is 5.65 Å². The molecule has 3 heterocycles. The Morgan fingerprint density at radius 2 is 1.93 bits per heavy atom. The van der Waals surface area contributed by atoms with Crippen LogP contribution in [0.5, 0.6) is 0 Å². The number of aromatic carboxylic acids is 1. The molecule has 1 amide bonds. The number of β-amino-alcohol motifs (C(OH)–C–C–N with tert-alkyl or cyclic N) is 1. The Hall–Kier alpha value is -3.23. The summed E-state index contributed by atoms with van der Waals surface area (Å²) < 4.78 is 1.50. The van der Waals surface area contributed by atoms with E-state index in [0.717, 1.165) is 19.5 Å². The summed E-state index contributed by atoms with van der Waals surface area (Å²) in [6.07, 6.45) is 3.14. The Bertz CT molecular complexity index is 1060. The van der Waals surface area contributed by atoms with Gasteiger partial charge in [0.2, 0.25) is 0 Å². The number of aliphatic hydroxyl groups excluding tert-OH is 1. The lowest BCUT2D eigenvalue weighted by atomic mass is 10.00. The van der Waals surface area contributed by atoms with Crippen molar-refractivity contribution in [2.24, 2.45) is 0 Å². The summed E-state index contributed by atoms with van der Waals surface area (Å²) in [5, 5.41) is 22.1. The number of hydrogen-bond acceptors (Lipinski definition) is 5. The maximum atomic E-state index is 12.4. The molecule has 0 saturated carbocycles. The van der Waals surface area contributed by atoms with Gasteiger partial charge >= 0.3 is 5.97 Å². The zero-order valence-electron chi connectivity index (χ0n) is 15.8. The van der Waals surface area contributed by atoms with E-state index in [1.54, 1.807) is 6.07 Å². The lowest BCUT2D eigenvalue weighted by Gasteiger charge is -2.30. The van der Waals surface area contributed by atoms with E-state index in [2.05, 4.69) is 27.3 Å². The van der Waals surface area contributed by atoms with Crippen molar-refractivity contribution < 1.29 is 19.8 Å². The molecule has 0 bridgehead atoms. The van der Waals surface area contributed by atoms with E-state index in [1.165, 1.54) is 34.0 Å². The van der Waals surface area contributed by atoms with Crippen molar-refractivity contribution in [2.75, 3.05) is 19.6 Å². The summed E-state index contributed by atoms with van der Waals surface area (Å²) in [5.41, 5.74) is 3.39. The van der Waals surface area contributed by atoms with E-state index in [0.29, 0.717) is 12.2 Å². The number of nitrogens with one attached hydrogen (secondary N) is 1. The number of carboxylic acids is 1. The molecule has 4 rings (SSSR count). The first-order valence-electron chi connectivity index (χ1n) is 9.47. The molecule has 8 nitrogen and oxygen atoms in total. The van der Waals surface area contributed by atoms with Crippen molar-refractivity contribution in [3.63, 3.8) is 0 Å². The topological polar surface area (TPSA) is 107 Å². The molecule has 0 radical (unpaired) electrons. The second-order valence-electron chi connectivity index (χ2n) is 7.23. The third-order valence-corrected chi connectivity index (χ3v) is 5.11. The molecule has 0 saturated heterocycles. The number of benzene rings is 1. The Morgan fingerprint density at radius 1 is 1.14 bits per heavy atom. The summed E-state index contributed by atoms with van der Waals surface area (Å²) in [5.74, 6) is -1.45. The second kappa shape index (κ2) is 8.02. The minimum Gasteiger partial charge on any atom is -0.478 e. The highest BCUT2D eigenvalue weighted by molar-refractivity contribution is 5.93. The average Bonchev–Trinajstić information content (AvgIpc) is 3.15. The van der Waals surface area contributed by atoms with Gasteiger partial charge in [-0.25, -0.2) is 9.78 Å². The Morgan fingerprint density at radius 3 is 2.72 bits per heavy atom. The zero-order chi connectivity index (χ0) is 20.4. The number of aliphatic hydroxyl groups is 1. The Kier molecular flexibility index (Phi) is 5.28. The van der Waals surface area contributed by atoms with Gasteiger partial charge in [0.1, 0.15) is 11.3 Å². The predicted octanol–water partition coefficient (Wildman–Crippen LogP) is 1.18. The van der Waals surface area contributed by atoms with E-state index >= 15 is 0 Å². The summed E-state index contributed by atoms with van der Waals surface area (Å²) in [4.78, 5) is 29.8. The van der Waals surface area contributed by atoms with E-state index in [1.807, 2.05) is 12.1 Å². The first kappa shape index (κ1) is 19.1. The maximum Gasteiger partial charge on any atom is 0.337 e. The molecule has 8 heteroatoms. The smallest absolute Gasteiger partial charge is 0.337 e. The van der Waals surface area contributed by atoms with Crippen LogP contribution in [-0.4, -0.2) is 62.1 Å². The Labute approximate surface area is 167 Å². The van der Waals surface area contributed by atoms with Crippen molar-refractivity contribution >= 4 is 17.5 Å². The molecule has 150 valence electrons. The number of aromatic nitrogens is 2. The van der Waals surface area contributed by atoms with Crippen molar-refractivity contribution in [1.29, 1.82) is 0 Å². The van der Waals surface area contributed by atoms with Gasteiger partial charge < -0.3 is 19.9 Å². The molecule has 1 aliphatic rings. The van der Waals surface area contributed by atoms with Crippen LogP contribution in [0, 0.1) is 0 Å². The van der Waals surface area contributed by atoms with Crippen LogP contribution in [0.15, 0.2) is 48.8 Å². The fourth-order valence-corrected chi connectivity index (χ4v) is 3.60. The number of nitrogens with zero attached hydrogens (tertiary/aromatic N) is 3. The number of rotatable bonds is 6. The molecule has 1 atom stereocenters. The number of carbonyl (C=O) groups excluding carboxylic acids is 1. The maximum absolute atomic E-state index is 12.4. The number of imidazole rings is 1. The molecule has 0 fully saturated rings. The van der Waals surface area contributed by atoms with Crippen molar-refractivity contribution in [1.82, 2.24) is 19.6 Å². The number of hydrogen-bond donors (Lipinski definition) is 3. The van der Waals surface area contributed by atoms with Gasteiger partial charge in [-0.05, 0) is 29.7 Å². The fourth-order valence-electron chi connectivity index (χ4n) is 3.60. The molecular formula is C21H22N4O4. The van der Waals surface area contributed by atoms with Crippen LogP contribution in [0.2, 0.25) is 0 Å². The molecule has 2 aromatic heterocycles. The summed E-state index contributed by atoms with van der Waals surface area (Å²) in [7, 11) is 0. The third-order valence-electron chi connectivity index (χ3n) is 5.11. The van der Waals surface area contributed by atoms with Gasteiger partial charge in [-0.2, -0.15) is 0 Å². The van der Waals surface area contributed by atoms with Crippen LogP contribution in [0.4, 0.5) is 0 Å². The normalized spacial score (nSPS) is 15.1. The van der Waals surface area contributed by atoms with Gasteiger partial charge in [-0.1, -0.05) is 24.3 Å². The largest absolute Gasteiger partial charge is 0.478 e. The highest BCUT2D eigenvalue weighted by Crippen LogP contribution is 2.18. The van der Waals surface area contributed by atoms with Crippen molar-refractivity contribution in [3.05, 3.63) is 71.2 Å².